The summed E-state index contributed by atoms with van der Waals surface area (Å²) >= 11 is 4.95. The first kappa shape index (κ1) is 28.7. The molecule has 0 bridgehead atoms. The van der Waals surface area contributed by atoms with Crippen LogP contribution in [0.3, 0.4) is 0 Å². The van der Waals surface area contributed by atoms with Crippen LogP contribution in [-0.2, 0) is 0 Å². The smallest absolute Gasteiger partial charge is 0.337 e. The number of benzene rings is 2. The molecule has 0 saturated heterocycles. The number of fused-ring (bicyclic) bond motifs is 2. The van der Waals surface area contributed by atoms with Crippen molar-refractivity contribution >= 4 is 49.6 Å². The van der Waals surface area contributed by atoms with Gasteiger partial charge in [0.2, 0.25) is 0 Å². The number of rotatable bonds is 7. The third-order valence-corrected chi connectivity index (χ3v) is 6.92. The zero-order valence-corrected chi connectivity index (χ0v) is 22.8. The van der Waals surface area contributed by atoms with Crippen molar-refractivity contribution in [2.24, 2.45) is 0 Å². The fraction of sp³-hybridized carbons (Fsp3) is 0.333. The molecule has 0 saturated carbocycles. The molecule has 0 amide bonds. The van der Waals surface area contributed by atoms with Gasteiger partial charge in [-0.1, -0.05) is 45.4 Å². The Labute approximate surface area is 217 Å². The van der Waals surface area contributed by atoms with Crippen LogP contribution in [0.15, 0.2) is 82.4 Å². The Balaban J connectivity index is 0.000000239. The molecule has 0 spiro atoms. The predicted molar refractivity (Wildman–Crippen MR) is 147 cm³/mol. The maximum atomic E-state index is 11.6. The summed E-state index contributed by atoms with van der Waals surface area (Å²) in [7, 11) is 1.57. The third kappa shape index (κ3) is 8.26. The molecule has 2 aromatic carbocycles. The van der Waals surface area contributed by atoms with E-state index in [9.17, 15) is 9.59 Å². The van der Waals surface area contributed by atoms with Crippen molar-refractivity contribution in [1.82, 2.24) is 0 Å². The zero-order chi connectivity index (χ0) is 25.8. The summed E-state index contributed by atoms with van der Waals surface area (Å²) in [5.41, 5.74) is 0.443. The molecule has 1 unspecified atom stereocenters. The van der Waals surface area contributed by atoms with Gasteiger partial charge in [-0.3, -0.25) is 0 Å². The van der Waals surface area contributed by atoms with E-state index in [0.717, 1.165) is 39.4 Å². The van der Waals surface area contributed by atoms with Gasteiger partial charge in [0.25, 0.3) is 0 Å². The molecule has 1 N–H and O–H groups in total. The molecule has 0 radical (unpaired) electrons. The molecule has 4 rings (SSSR count). The van der Waals surface area contributed by atoms with Crippen LogP contribution in [0.2, 0.25) is 0 Å². The molecular formula is C27H31BrO6S. The zero-order valence-electron chi connectivity index (χ0n) is 20.4. The first-order valence-electron chi connectivity index (χ1n) is 11.5. The van der Waals surface area contributed by atoms with Crippen LogP contribution in [0.4, 0.5) is 0 Å². The maximum absolute atomic E-state index is 11.6. The molecule has 6 nitrogen and oxygen atoms in total. The molecule has 0 aliphatic rings. The summed E-state index contributed by atoms with van der Waals surface area (Å²) in [5, 5.41) is 11.3. The van der Waals surface area contributed by atoms with Crippen molar-refractivity contribution in [3.8, 4) is 5.75 Å². The molecular weight excluding hydrogens is 532 g/mol. The quantitative estimate of drug-likeness (QED) is 0.191. The van der Waals surface area contributed by atoms with Gasteiger partial charge in [-0.05, 0) is 47.0 Å². The monoisotopic (exact) mass is 562 g/mol. The Hall–Kier alpha value is -2.55. The van der Waals surface area contributed by atoms with E-state index >= 15 is 0 Å². The molecule has 0 fully saturated rings. The highest BCUT2D eigenvalue weighted by Gasteiger charge is 2.13. The molecule has 1 atom stereocenters. The highest BCUT2D eigenvalue weighted by Crippen LogP contribution is 2.32. The minimum atomic E-state index is -0.377. The van der Waals surface area contributed by atoms with E-state index in [2.05, 4.69) is 22.9 Å². The van der Waals surface area contributed by atoms with Crippen molar-refractivity contribution < 1.29 is 18.7 Å². The molecule has 4 aromatic rings. The van der Waals surface area contributed by atoms with Gasteiger partial charge in [0.1, 0.15) is 16.9 Å². The topological polar surface area (TPSA) is 89.9 Å². The largest absolute Gasteiger partial charge is 0.497 e. The molecule has 0 aliphatic heterocycles. The summed E-state index contributed by atoms with van der Waals surface area (Å²) in [5.74, 6) is 0.666. The number of hydrogen-bond donors (Lipinski definition) is 1. The van der Waals surface area contributed by atoms with Crippen LogP contribution < -0.4 is 16.0 Å². The average Bonchev–Trinajstić information content (AvgIpc) is 2.85. The van der Waals surface area contributed by atoms with E-state index in [1.807, 2.05) is 50.2 Å². The summed E-state index contributed by atoms with van der Waals surface area (Å²) in [6, 6.07) is 15.8. The molecule has 8 heteroatoms. The second-order valence-electron chi connectivity index (χ2n) is 7.24. The fourth-order valence-electron chi connectivity index (χ4n) is 3.32. The third-order valence-electron chi connectivity index (χ3n) is 4.87. The number of hydrogen-bond acceptors (Lipinski definition) is 7. The van der Waals surface area contributed by atoms with Gasteiger partial charge in [0, 0.05) is 50.2 Å². The highest BCUT2D eigenvalue weighted by atomic mass is 79.9. The molecule has 2 aromatic heterocycles. The Morgan fingerprint density at radius 1 is 0.943 bits per heavy atom. The summed E-state index contributed by atoms with van der Waals surface area (Å²) in [6.45, 7) is 6.30. The first-order chi connectivity index (χ1) is 16.9. The normalized spacial score (nSPS) is 11.3. The Kier molecular flexibility index (Phi) is 12.1. The number of methoxy groups -OCH3 is 1. The molecule has 0 aliphatic carbocycles. The molecule has 35 heavy (non-hydrogen) atoms. The van der Waals surface area contributed by atoms with E-state index in [-0.39, 0.29) is 17.9 Å². The lowest BCUT2D eigenvalue weighted by molar-refractivity contribution is 0.285. The molecule has 2 heterocycles. The summed E-state index contributed by atoms with van der Waals surface area (Å²) in [4.78, 5) is 23.6. The van der Waals surface area contributed by atoms with Crippen LogP contribution in [-0.4, -0.2) is 24.1 Å². The number of halogens is 1. The van der Waals surface area contributed by atoms with Gasteiger partial charge in [-0.25, -0.2) is 9.59 Å². The minimum Gasteiger partial charge on any atom is -0.497 e. The highest BCUT2D eigenvalue weighted by molar-refractivity contribution is 9.10. The van der Waals surface area contributed by atoms with Gasteiger partial charge >= 0.3 is 11.3 Å². The Morgan fingerprint density at radius 3 is 2.31 bits per heavy atom. The number of para-hydroxylation sites is 1. The number of ether oxygens (including phenoxy) is 1. The first-order valence-corrected chi connectivity index (χ1v) is 13.2. The van der Waals surface area contributed by atoms with E-state index in [1.165, 1.54) is 6.07 Å². The average molecular weight is 564 g/mol. The van der Waals surface area contributed by atoms with Gasteiger partial charge < -0.3 is 18.7 Å². The lowest BCUT2D eigenvalue weighted by Gasteiger charge is -2.15. The fourth-order valence-corrected chi connectivity index (χ4v) is 5.23. The lowest BCUT2D eigenvalue weighted by atomic mass is 10.2. The number of aliphatic hydroxyl groups excluding tert-OH is 1. The van der Waals surface area contributed by atoms with Crippen molar-refractivity contribution in [3.63, 3.8) is 0 Å². The van der Waals surface area contributed by atoms with Crippen molar-refractivity contribution in [2.75, 3.05) is 13.7 Å². The number of thioether (sulfide) groups is 1. The minimum absolute atomic E-state index is 0.178. The van der Waals surface area contributed by atoms with Gasteiger partial charge in [-0.15, -0.1) is 11.8 Å². The lowest BCUT2D eigenvalue weighted by Crippen LogP contribution is -2.06. The van der Waals surface area contributed by atoms with Gasteiger partial charge in [0.05, 0.1) is 7.11 Å². The Bertz CT molecular complexity index is 1320. The van der Waals surface area contributed by atoms with Crippen molar-refractivity contribution in [2.45, 2.75) is 50.2 Å². The van der Waals surface area contributed by atoms with E-state index in [1.54, 1.807) is 31.0 Å². The number of aliphatic hydroxyl groups is 1. The second-order valence-corrected chi connectivity index (χ2v) is 9.44. The van der Waals surface area contributed by atoms with Crippen LogP contribution in [0.5, 0.6) is 5.75 Å². The van der Waals surface area contributed by atoms with E-state index < -0.39 is 0 Å². The summed E-state index contributed by atoms with van der Waals surface area (Å²) < 4.78 is 16.0. The summed E-state index contributed by atoms with van der Waals surface area (Å²) in [6.07, 6.45) is 2.84. The Morgan fingerprint density at radius 2 is 1.63 bits per heavy atom. The van der Waals surface area contributed by atoms with Crippen LogP contribution in [0.1, 0.15) is 40.0 Å². The van der Waals surface area contributed by atoms with E-state index in [4.69, 9.17) is 18.7 Å². The SMILES string of the molecule is CC.CCCC(CCO)Sc1cc(=O)oc2ccccc12.COc1ccc2c(Br)cc(=O)oc2c1. The van der Waals surface area contributed by atoms with Crippen molar-refractivity contribution in [3.05, 3.63) is 79.9 Å². The van der Waals surface area contributed by atoms with E-state index in [0.29, 0.717) is 22.2 Å². The van der Waals surface area contributed by atoms with Crippen molar-refractivity contribution in [1.29, 1.82) is 0 Å². The van der Waals surface area contributed by atoms with Crippen LogP contribution in [0, 0.1) is 0 Å². The van der Waals surface area contributed by atoms with Gasteiger partial charge in [-0.2, -0.15) is 0 Å². The standard InChI is InChI=1S/C15H18O3S.C10H7BrO3.C2H6/c1-2-5-11(8-9-16)19-14-10-15(17)18-13-7-4-3-6-12(13)14;1-13-6-2-3-7-8(11)5-10(12)14-9(7)4-6;1-2/h3-4,6-7,10-11,16H,2,5,8-9H2,1H3;2-5H,1H3;1-2H3. The van der Waals surface area contributed by atoms with Crippen LogP contribution >= 0.6 is 27.7 Å². The second kappa shape index (κ2) is 14.8. The maximum Gasteiger partial charge on any atom is 0.337 e. The van der Waals surface area contributed by atoms with Crippen LogP contribution in [0.25, 0.3) is 21.9 Å². The van der Waals surface area contributed by atoms with Gasteiger partial charge in [0.15, 0.2) is 0 Å². The predicted octanol–water partition coefficient (Wildman–Crippen LogP) is 7.03. The molecule has 188 valence electrons.